The van der Waals surface area contributed by atoms with Crippen molar-refractivity contribution in [3.63, 3.8) is 0 Å². The minimum atomic E-state index is 0.157. The molecule has 1 saturated carbocycles. The van der Waals surface area contributed by atoms with Gasteiger partial charge in [-0.25, -0.2) is 0 Å². The van der Waals surface area contributed by atoms with Crippen molar-refractivity contribution < 1.29 is 9.32 Å². The SMILES string of the molecule is Cc1noc([C@H]2CCCN(CC(=O)NC3CCCC3)C2)n1. The standard InChI is InChI=1S/C15H24N4O2/c1-11-16-15(21-18-11)12-5-4-8-19(9-12)10-14(20)17-13-6-2-3-7-13/h12-13H,2-10H2,1H3,(H,17,20)/t12-/m0/s1. The average Bonchev–Trinajstić information content (AvgIpc) is 3.10. The van der Waals surface area contributed by atoms with E-state index in [-0.39, 0.29) is 11.8 Å². The van der Waals surface area contributed by atoms with Crippen molar-refractivity contribution in [1.29, 1.82) is 0 Å². The van der Waals surface area contributed by atoms with E-state index in [1.54, 1.807) is 0 Å². The number of carbonyl (C=O) groups excluding carboxylic acids is 1. The summed E-state index contributed by atoms with van der Waals surface area (Å²) in [4.78, 5) is 18.6. The second-order valence-electron chi connectivity index (χ2n) is 6.30. The smallest absolute Gasteiger partial charge is 0.234 e. The molecule has 1 aromatic rings. The predicted octanol–water partition coefficient (Wildman–Crippen LogP) is 1.62. The van der Waals surface area contributed by atoms with Crippen molar-refractivity contribution in [2.75, 3.05) is 19.6 Å². The van der Waals surface area contributed by atoms with Gasteiger partial charge in [0.25, 0.3) is 0 Å². The summed E-state index contributed by atoms with van der Waals surface area (Å²) >= 11 is 0. The van der Waals surface area contributed by atoms with E-state index in [4.69, 9.17) is 4.52 Å². The van der Waals surface area contributed by atoms with Crippen LogP contribution < -0.4 is 5.32 Å². The van der Waals surface area contributed by atoms with Crippen LogP contribution in [0.3, 0.4) is 0 Å². The molecule has 3 rings (SSSR count). The van der Waals surface area contributed by atoms with Crippen LogP contribution in [0.4, 0.5) is 0 Å². The molecular weight excluding hydrogens is 268 g/mol. The van der Waals surface area contributed by atoms with E-state index in [9.17, 15) is 4.79 Å². The highest BCUT2D eigenvalue weighted by Crippen LogP contribution is 2.25. The van der Waals surface area contributed by atoms with Crippen LogP contribution in [0.1, 0.15) is 56.2 Å². The van der Waals surface area contributed by atoms with Crippen LogP contribution in [-0.4, -0.2) is 46.6 Å². The van der Waals surface area contributed by atoms with Crippen molar-refractivity contribution in [2.45, 2.75) is 57.4 Å². The zero-order valence-corrected chi connectivity index (χ0v) is 12.7. The van der Waals surface area contributed by atoms with Gasteiger partial charge in [0, 0.05) is 12.6 Å². The molecule has 1 amide bonds. The summed E-state index contributed by atoms with van der Waals surface area (Å²) in [5.74, 6) is 1.82. The molecule has 2 aliphatic rings. The van der Waals surface area contributed by atoms with E-state index in [2.05, 4.69) is 20.4 Å². The van der Waals surface area contributed by atoms with Gasteiger partial charge in [0.1, 0.15) is 0 Å². The van der Waals surface area contributed by atoms with Crippen molar-refractivity contribution in [2.24, 2.45) is 0 Å². The highest BCUT2D eigenvalue weighted by Gasteiger charge is 2.27. The normalized spacial score (nSPS) is 24.3. The second kappa shape index (κ2) is 6.56. The predicted molar refractivity (Wildman–Crippen MR) is 77.8 cm³/mol. The first kappa shape index (κ1) is 14.5. The van der Waals surface area contributed by atoms with Gasteiger partial charge in [-0.3, -0.25) is 9.69 Å². The Morgan fingerprint density at radius 1 is 1.33 bits per heavy atom. The number of carbonyl (C=O) groups is 1. The molecule has 1 aromatic heterocycles. The number of aromatic nitrogens is 2. The van der Waals surface area contributed by atoms with Gasteiger partial charge in [-0.05, 0) is 39.2 Å². The number of piperidine rings is 1. The third-order valence-corrected chi connectivity index (χ3v) is 4.49. The maximum absolute atomic E-state index is 12.1. The molecular formula is C15H24N4O2. The lowest BCUT2D eigenvalue weighted by atomic mass is 9.98. The summed E-state index contributed by atoms with van der Waals surface area (Å²) in [5, 5.41) is 7.02. The molecule has 0 aromatic carbocycles. The van der Waals surface area contributed by atoms with Crippen LogP contribution in [0, 0.1) is 6.92 Å². The van der Waals surface area contributed by atoms with Crippen LogP contribution in [0.2, 0.25) is 0 Å². The molecule has 1 N–H and O–H groups in total. The molecule has 2 fully saturated rings. The number of hydrogen-bond acceptors (Lipinski definition) is 5. The molecule has 6 nitrogen and oxygen atoms in total. The lowest BCUT2D eigenvalue weighted by Crippen LogP contribution is -2.44. The molecule has 1 aliphatic heterocycles. The Bertz CT molecular complexity index is 482. The summed E-state index contributed by atoms with van der Waals surface area (Å²) < 4.78 is 5.28. The number of hydrogen-bond donors (Lipinski definition) is 1. The van der Waals surface area contributed by atoms with Crippen LogP contribution in [0.25, 0.3) is 0 Å². The first-order valence-corrected chi connectivity index (χ1v) is 8.02. The first-order valence-electron chi connectivity index (χ1n) is 8.02. The van der Waals surface area contributed by atoms with Crippen LogP contribution >= 0.6 is 0 Å². The number of aryl methyl sites for hydroxylation is 1. The fourth-order valence-corrected chi connectivity index (χ4v) is 3.43. The number of rotatable bonds is 4. The average molecular weight is 292 g/mol. The molecule has 1 saturated heterocycles. The molecule has 0 spiro atoms. The number of likely N-dealkylation sites (tertiary alicyclic amines) is 1. The van der Waals surface area contributed by atoms with Gasteiger partial charge in [0.05, 0.1) is 12.5 Å². The van der Waals surface area contributed by atoms with Crippen LogP contribution in [-0.2, 0) is 4.79 Å². The molecule has 2 heterocycles. The fourth-order valence-electron chi connectivity index (χ4n) is 3.43. The number of nitrogens with one attached hydrogen (secondary N) is 1. The third kappa shape index (κ3) is 3.81. The molecule has 21 heavy (non-hydrogen) atoms. The largest absolute Gasteiger partial charge is 0.352 e. The highest BCUT2D eigenvalue weighted by atomic mass is 16.5. The van der Waals surface area contributed by atoms with E-state index >= 15 is 0 Å². The first-order chi connectivity index (χ1) is 10.2. The van der Waals surface area contributed by atoms with Crippen LogP contribution in [0.15, 0.2) is 4.52 Å². The zero-order valence-electron chi connectivity index (χ0n) is 12.7. The van der Waals surface area contributed by atoms with Gasteiger partial charge in [-0.2, -0.15) is 4.98 Å². The minimum Gasteiger partial charge on any atom is -0.352 e. The molecule has 0 bridgehead atoms. The fraction of sp³-hybridized carbons (Fsp3) is 0.800. The van der Waals surface area contributed by atoms with E-state index in [0.29, 0.717) is 24.3 Å². The van der Waals surface area contributed by atoms with Gasteiger partial charge in [-0.1, -0.05) is 18.0 Å². The lowest BCUT2D eigenvalue weighted by molar-refractivity contribution is -0.123. The van der Waals surface area contributed by atoms with Crippen molar-refractivity contribution in [1.82, 2.24) is 20.4 Å². The van der Waals surface area contributed by atoms with Gasteiger partial charge >= 0.3 is 0 Å². The van der Waals surface area contributed by atoms with Gasteiger partial charge < -0.3 is 9.84 Å². The Hall–Kier alpha value is -1.43. The summed E-state index contributed by atoms with van der Waals surface area (Å²) in [6.45, 7) is 4.13. The Kier molecular flexibility index (Phi) is 4.53. The van der Waals surface area contributed by atoms with E-state index in [0.717, 1.165) is 38.8 Å². The van der Waals surface area contributed by atoms with Gasteiger partial charge in [0.15, 0.2) is 5.82 Å². The van der Waals surface area contributed by atoms with E-state index in [1.807, 2.05) is 6.92 Å². The van der Waals surface area contributed by atoms with Crippen molar-refractivity contribution in [3.05, 3.63) is 11.7 Å². The summed E-state index contributed by atoms with van der Waals surface area (Å²) in [6, 6.07) is 0.400. The number of amides is 1. The lowest BCUT2D eigenvalue weighted by Gasteiger charge is -2.30. The van der Waals surface area contributed by atoms with Crippen molar-refractivity contribution >= 4 is 5.91 Å². The summed E-state index contributed by atoms with van der Waals surface area (Å²) in [7, 11) is 0. The molecule has 0 radical (unpaired) electrons. The monoisotopic (exact) mass is 292 g/mol. The Balaban J connectivity index is 1.50. The van der Waals surface area contributed by atoms with E-state index < -0.39 is 0 Å². The summed E-state index contributed by atoms with van der Waals surface area (Å²) in [6.07, 6.45) is 6.89. The quantitative estimate of drug-likeness (QED) is 0.913. The molecule has 1 atom stereocenters. The van der Waals surface area contributed by atoms with Crippen LogP contribution in [0.5, 0.6) is 0 Å². The third-order valence-electron chi connectivity index (χ3n) is 4.49. The van der Waals surface area contributed by atoms with Gasteiger partial charge in [-0.15, -0.1) is 0 Å². The highest BCUT2D eigenvalue weighted by molar-refractivity contribution is 5.78. The minimum absolute atomic E-state index is 0.157. The Morgan fingerprint density at radius 2 is 2.14 bits per heavy atom. The Labute approximate surface area is 125 Å². The van der Waals surface area contributed by atoms with Crippen molar-refractivity contribution in [3.8, 4) is 0 Å². The molecule has 0 unspecified atom stereocenters. The molecule has 1 aliphatic carbocycles. The van der Waals surface area contributed by atoms with Gasteiger partial charge in [0.2, 0.25) is 11.8 Å². The zero-order chi connectivity index (χ0) is 14.7. The summed E-state index contributed by atoms with van der Waals surface area (Å²) in [5.41, 5.74) is 0. The molecule has 6 heteroatoms. The molecule has 116 valence electrons. The maximum Gasteiger partial charge on any atom is 0.234 e. The Morgan fingerprint density at radius 3 is 2.86 bits per heavy atom. The second-order valence-corrected chi connectivity index (χ2v) is 6.30. The number of nitrogens with zero attached hydrogens (tertiary/aromatic N) is 3. The maximum atomic E-state index is 12.1. The topological polar surface area (TPSA) is 71.3 Å². The van der Waals surface area contributed by atoms with E-state index in [1.165, 1.54) is 12.8 Å².